The molecule has 1 aliphatic rings. The van der Waals surface area contributed by atoms with E-state index in [9.17, 15) is 4.79 Å². The van der Waals surface area contributed by atoms with Crippen molar-refractivity contribution in [1.82, 2.24) is 0 Å². The summed E-state index contributed by atoms with van der Waals surface area (Å²) in [6.07, 6.45) is 3.85. The molecule has 0 aliphatic heterocycles. The maximum absolute atomic E-state index is 12.4. The van der Waals surface area contributed by atoms with Gasteiger partial charge in [-0.3, -0.25) is 4.79 Å². The van der Waals surface area contributed by atoms with Crippen molar-refractivity contribution >= 4 is 33.0 Å². The second-order valence-electron chi connectivity index (χ2n) is 4.68. The Kier molecular flexibility index (Phi) is 3.35. The first-order valence-corrected chi connectivity index (χ1v) is 7.80. The number of benzene rings is 1. The number of rotatable bonds is 3. The van der Waals surface area contributed by atoms with Crippen molar-refractivity contribution in [2.75, 3.05) is 0 Å². The first-order valence-electron chi connectivity index (χ1n) is 6.13. The Balaban J connectivity index is 1.92. The van der Waals surface area contributed by atoms with Gasteiger partial charge in [0.15, 0.2) is 0 Å². The van der Waals surface area contributed by atoms with Gasteiger partial charge >= 0.3 is 0 Å². The molecular weight excluding hydrogens is 308 g/mol. The van der Waals surface area contributed by atoms with Gasteiger partial charge in [0.1, 0.15) is 0 Å². The summed E-state index contributed by atoms with van der Waals surface area (Å²) < 4.78 is 0.895. The molecule has 1 nitrogen and oxygen atoms in total. The van der Waals surface area contributed by atoms with E-state index in [0.29, 0.717) is 5.92 Å². The second kappa shape index (κ2) is 4.98. The zero-order chi connectivity index (χ0) is 12.5. The lowest BCUT2D eigenvalue weighted by Gasteiger charge is -2.26. The fourth-order valence-electron chi connectivity index (χ4n) is 2.26. The van der Waals surface area contributed by atoms with E-state index in [0.717, 1.165) is 14.9 Å². The van der Waals surface area contributed by atoms with Crippen molar-refractivity contribution in [3.05, 3.63) is 56.2 Å². The Hall–Kier alpha value is -0.930. The number of hydrogen-bond donors (Lipinski definition) is 0. The zero-order valence-corrected chi connectivity index (χ0v) is 12.3. The molecule has 92 valence electrons. The molecule has 1 aromatic carbocycles. The predicted octanol–water partition coefficient (Wildman–Crippen LogP) is 5.01. The lowest BCUT2D eigenvalue weighted by molar-refractivity contribution is 0.104. The summed E-state index contributed by atoms with van der Waals surface area (Å²) >= 11 is 4.92. The van der Waals surface area contributed by atoms with E-state index in [1.54, 1.807) is 0 Å². The number of hydrogen-bond acceptors (Lipinski definition) is 2. The average Bonchev–Trinajstić information content (AvgIpc) is 2.73. The Morgan fingerprint density at radius 2 is 2.11 bits per heavy atom. The lowest BCUT2D eigenvalue weighted by Crippen LogP contribution is -2.10. The SMILES string of the molecule is O=C(c1cccc(C2CCC2)c1)c1sccc1Br. The van der Waals surface area contributed by atoms with Crippen molar-refractivity contribution < 1.29 is 4.79 Å². The van der Waals surface area contributed by atoms with Gasteiger partial charge in [0.25, 0.3) is 0 Å². The molecule has 0 bridgehead atoms. The Morgan fingerprint density at radius 3 is 2.72 bits per heavy atom. The maximum Gasteiger partial charge on any atom is 0.204 e. The van der Waals surface area contributed by atoms with Gasteiger partial charge in [0.05, 0.1) is 4.88 Å². The third-order valence-electron chi connectivity index (χ3n) is 3.55. The number of halogens is 1. The lowest BCUT2D eigenvalue weighted by atomic mass is 9.79. The van der Waals surface area contributed by atoms with Crippen LogP contribution in [-0.2, 0) is 0 Å². The highest BCUT2D eigenvalue weighted by atomic mass is 79.9. The topological polar surface area (TPSA) is 17.1 Å². The van der Waals surface area contributed by atoms with Crippen LogP contribution in [0.2, 0.25) is 0 Å². The molecule has 1 fully saturated rings. The summed E-state index contributed by atoms with van der Waals surface area (Å²) in [5.74, 6) is 0.794. The zero-order valence-electron chi connectivity index (χ0n) is 9.86. The van der Waals surface area contributed by atoms with E-state index >= 15 is 0 Å². The average molecular weight is 321 g/mol. The first kappa shape index (κ1) is 12.1. The van der Waals surface area contributed by atoms with E-state index in [1.807, 2.05) is 23.6 Å². The molecule has 1 heterocycles. The number of thiophene rings is 1. The normalized spacial score (nSPS) is 15.4. The third-order valence-corrected chi connectivity index (χ3v) is 5.39. The number of carbonyl (C=O) groups is 1. The Bertz CT molecular complexity index is 584. The molecule has 18 heavy (non-hydrogen) atoms. The molecule has 1 saturated carbocycles. The monoisotopic (exact) mass is 320 g/mol. The van der Waals surface area contributed by atoms with Crippen LogP contribution in [0.1, 0.15) is 46.0 Å². The minimum absolute atomic E-state index is 0.123. The van der Waals surface area contributed by atoms with Crippen LogP contribution in [0.5, 0.6) is 0 Å². The summed E-state index contributed by atoms with van der Waals surface area (Å²) in [4.78, 5) is 13.2. The molecule has 2 aromatic rings. The molecular formula is C15H13BrOS. The van der Waals surface area contributed by atoms with Crippen molar-refractivity contribution in [3.8, 4) is 0 Å². The van der Waals surface area contributed by atoms with Crippen molar-refractivity contribution in [3.63, 3.8) is 0 Å². The molecule has 1 aliphatic carbocycles. The fraction of sp³-hybridized carbons (Fsp3) is 0.267. The third kappa shape index (κ3) is 2.17. The van der Waals surface area contributed by atoms with Gasteiger partial charge in [0.2, 0.25) is 5.78 Å². The molecule has 0 saturated heterocycles. The molecule has 0 amide bonds. The van der Waals surface area contributed by atoms with E-state index in [1.165, 1.54) is 36.2 Å². The van der Waals surface area contributed by atoms with E-state index in [4.69, 9.17) is 0 Å². The summed E-state index contributed by atoms with van der Waals surface area (Å²) in [5.41, 5.74) is 2.13. The highest BCUT2D eigenvalue weighted by Gasteiger charge is 2.21. The van der Waals surface area contributed by atoms with Crippen LogP contribution in [-0.4, -0.2) is 5.78 Å². The smallest absolute Gasteiger partial charge is 0.204 e. The minimum Gasteiger partial charge on any atom is -0.288 e. The van der Waals surface area contributed by atoms with Crippen LogP contribution in [0.4, 0.5) is 0 Å². The number of carbonyl (C=O) groups excluding carboxylic acids is 1. The van der Waals surface area contributed by atoms with Crippen molar-refractivity contribution in [2.45, 2.75) is 25.2 Å². The van der Waals surface area contributed by atoms with Gasteiger partial charge in [-0.1, -0.05) is 24.6 Å². The minimum atomic E-state index is 0.123. The van der Waals surface area contributed by atoms with Crippen LogP contribution in [0, 0.1) is 0 Å². The molecule has 0 radical (unpaired) electrons. The molecule has 0 N–H and O–H groups in total. The van der Waals surface area contributed by atoms with Gasteiger partial charge in [-0.05, 0) is 57.8 Å². The Labute approximate surface area is 119 Å². The van der Waals surface area contributed by atoms with Crippen LogP contribution in [0.25, 0.3) is 0 Å². The van der Waals surface area contributed by atoms with Crippen LogP contribution >= 0.6 is 27.3 Å². The molecule has 3 heteroatoms. The van der Waals surface area contributed by atoms with Crippen molar-refractivity contribution in [2.24, 2.45) is 0 Å². The fourth-order valence-corrected chi connectivity index (χ4v) is 3.78. The predicted molar refractivity (Wildman–Crippen MR) is 78.5 cm³/mol. The highest BCUT2D eigenvalue weighted by Crippen LogP contribution is 2.37. The molecule has 0 spiro atoms. The summed E-state index contributed by atoms with van der Waals surface area (Å²) in [7, 11) is 0. The van der Waals surface area contributed by atoms with Gasteiger partial charge in [-0.2, -0.15) is 0 Å². The second-order valence-corrected chi connectivity index (χ2v) is 6.45. The van der Waals surface area contributed by atoms with E-state index in [-0.39, 0.29) is 5.78 Å². The standard InChI is InChI=1S/C15H13BrOS/c16-13-7-8-18-15(13)14(17)12-6-2-5-11(9-12)10-3-1-4-10/h2,5-10H,1,3-4H2. The first-order chi connectivity index (χ1) is 8.75. The van der Waals surface area contributed by atoms with Gasteiger partial charge in [0, 0.05) is 10.0 Å². The largest absolute Gasteiger partial charge is 0.288 e. The highest BCUT2D eigenvalue weighted by molar-refractivity contribution is 9.10. The van der Waals surface area contributed by atoms with Crippen molar-refractivity contribution in [1.29, 1.82) is 0 Å². The summed E-state index contributed by atoms with van der Waals surface area (Å²) in [6, 6.07) is 10.1. The summed E-state index contributed by atoms with van der Waals surface area (Å²) in [5, 5.41) is 1.94. The van der Waals surface area contributed by atoms with E-state index in [2.05, 4.69) is 28.1 Å². The van der Waals surface area contributed by atoms with Gasteiger partial charge in [-0.25, -0.2) is 0 Å². The van der Waals surface area contributed by atoms with E-state index < -0.39 is 0 Å². The molecule has 0 atom stereocenters. The molecule has 3 rings (SSSR count). The van der Waals surface area contributed by atoms with Crippen LogP contribution in [0.3, 0.4) is 0 Å². The summed E-state index contributed by atoms with van der Waals surface area (Å²) in [6.45, 7) is 0. The Morgan fingerprint density at radius 1 is 1.28 bits per heavy atom. The maximum atomic E-state index is 12.4. The molecule has 1 aromatic heterocycles. The number of ketones is 1. The van der Waals surface area contributed by atoms with Gasteiger partial charge < -0.3 is 0 Å². The van der Waals surface area contributed by atoms with Crippen LogP contribution < -0.4 is 0 Å². The quantitative estimate of drug-likeness (QED) is 0.726. The van der Waals surface area contributed by atoms with Gasteiger partial charge in [-0.15, -0.1) is 11.3 Å². The van der Waals surface area contributed by atoms with Crippen LogP contribution in [0.15, 0.2) is 40.2 Å². The molecule has 0 unspecified atom stereocenters.